The van der Waals surface area contributed by atoms with Gasteiger partial charge in [0.1, 0.15) is 5.76 Å². The van der Waals surface area contributed by atoms with Gasteiger partial charge in [0.15, 0.2) is 0 Å². The van der Waals surface area contributed by atoms with Crippen LogP contribution < -0.4 is 0 Å². The van der Waals surface area contributed by atoms with Crippen molar-refractivity contribution in [1.29, 1.82) is 0 Å². The largest absolute Gasteiger partial charge is 0.499 e. The van der Waals surface area contributed by atoms with Gasteiger partial charge in [-0.1, -0.05) is 25.2 Å². The Balaban J connectivity index is 3.12. The maximum atomic E-state index is 5.55. The minimum atomic E-state index is -0.0583. The normalized spacial score (nSPS) is 31.3. The summed E-state index contributed by atoms with van der Waals surface area (Å²) in [6, 6.07) is 0. The standard InChI is InChI=1S/C13H20OS/c1-6-9-11-13(4,8-3)12(14-5)10(7-2)15-11/h6,8-9,11H,3,7H2,1-2,4-5H3/b9-6-. The molecule has 0 aromatic heterocycles. The van der Waals surface area contributed by atoms with Crippen molar-refractivity contribution in [1.82, 2.24) is 0 Å². The maximum Gasteiger partial charge on any atom is 0.116 e. The lowest BCUT2D eigenvalue weighted by molar-refractivity contribution is 0.218. The zero-order valence-corrected chi connectivity index (χ0v) is 10.9. The molecule has 0 spiro atoms. The van der Waals surface area contributed by atoms with Crippen LogP contribution >= 0.6 is 11.8 Å². The number of methoxy groups -OCH3 is 1. The van der Waals surface area contributed by atoms with Gasteiger partial charge >= 0.3 is 0 Å². The fourth-order valence-electron chi connectivity index (χ4n) is 1.96. The number of ether oxygens (including phenoxy) is 1. The molecule has 0 saturated carbocycles. The van der Waals surface area contributed by atoms with Crippen LogP contribution in [-0.4, -0.2) is 12.4 Å². The van der Waals surface area contributed by atoms with Gasteiger partial charge in [0, 0.05) is 10.2 Å². The molecule has 0 aromatic carbocycles. The molecule has 0 fully saturated rings. The number of hydrogen-bond donors (Lipinski definition) is 0. The second kappa shape index (κ2) is 4.93. The van der Waals surface area contributed by atoms with E-state index in [4.69, 9.17) is 4.74 Å². The minimum absolute atomic E-state index is 0.0583. The van der Waals surface area contributed by atoms with Crippen molar-refractivity contribution in [2.45, 2.75) is 32.4 Å². The van der Waals surface area contributed by atoms with Crippen LogP contribution in [0.1, 0.15) is 27.2 Å². The Kier molecular flexibility index (Phi) is 4.09. The second-order valence-electron chi connectivity index (χ2n) is 3.86. The summed E-state index contributed by atoms with van der Waals surface area (Å²) >= 11 is 1.90. The van der Waals surface area contributed by atoms with E-state index in [1.807, 2.05) is 17.8 Å². The van der Waals surface area contributed by atoms with Crippen molar-refractivity contribution in [3.05, 3.63) is 35.5 Å². The third-order valence-corrected chi connectivity index (χ3v) is 4.58. The number of allylic oxidation sites excluding steroid dienone is 3. The summed E-state index contributed by atoms with van der Waals surface area (Å²) in [7, 11) is 1.76. The molecule has 1 aliphatic heterocycles. The Morgan fingerprint density at radius 3 is 2.67 bits per heavy atom. The van der Waals surface area contributed by atoms with E-state index < -0.39 is 0 Å². The number of rotatable bonds is 4. The zero-order chi connectivity index (χ0) is 11.5. The van der Waals surface area contributed by atoms with Gasteiger partial charge in [-0.15, -0.1) is 18.3 Å². The molecule has 1 aliphatic rings. The highest BCUT2D eigenvalue weighted by Crippen LogP contribution is 2.52. The first kappa shape index (κ1) is 12.4. The molecule has 0 aliphatic carbocycles. The topological polar surface area (TPSA) is 9.23 Å². The van der Waals surface area contributed by atoms with E-state index in [0.717, 1.165) is 12.2 Å². The van der Waals surface area contributed by atoms with Gasteiger partial charge < -0.3 is 4.74 Å². The molecule has 0 radical (unpaired) electrons. The van der Waals surface area contributed by atoms with Crippen molar-refractivity contribution in [3.8, 4) is 0 Å². The van der Waals surface area contributed by atoms with Crippen LogP contribution in [0.25, 0.3) is 0 Å². The van der Waals surface area contributed by atoms with Crippen LogP contribution in [0, 0.1) is 5.41 Å². The van der Waals surface area contributed by atoms with E-state index in [2.05, 4.69) is 39.5 Å². The van der Waals surface area contributed by atoms with E-state index >= 15 is 0 Å². The summed E-state index contributed by atoms with van der Waals surface area (Å²) in [4.78, 5) is 1.35. The summed E-state index contributed by atoms with van der Waals surface area (Å²) in [6.07, 6.45) is 7.37. The molecule has 1 rings (SSSR count). The Morgan fingerprint density at radius 1 is 1.60 bits per heavy atom. The van der Waals surface area contributed by atoms with E-state index in [-0.39, 0.29) is 5.41 Å². The molecule has 84 valence electrons. The van der Waals surface area contributed by atoms with Gasteiger partial charge in [-0.05, 0) is 20.3 Å². The smallest absolute Gasteiger partial charge is 0.116 e. The molecule has 1 heterocycles. The van der Waals surface area contributed by atoms with Gasteiger partial charge in [0.2, 0.25) is 0 Å². The van der Waals surface area contributed by atoms with E-state index in [9.17, 15) is 0 Å². The second-order valence-corrected chi connectivity index (χ2v) is 5.10. The fourth-order valence-corrected chi connectivity index (χ4v) is 3.53. The van der Waals surface area contributed by atoms with Crippen LogP contribution in [0.15, 0.2) is 35.5 Å². The van der Waals surface area contributed by atoms with Crippen LogP contribution in [0.3, 0.4) is 0 Å². The predicted molar refractivity (Wildman–Crippen MR) is 68.8 cm³/mol. The Morgan fingerprint density at radius 2 is 2.27 bits per heavy atom. The molecule has 0 aromatic rings. The number of thioether (sulfide) groups is 1. The Labute approximate surface area is 97.3 Å². The average Bonchev–Trinajstić information content (AvgIpc) is 2.53. The lowest BCUT2D eigenvalue weighted by Gasteiger charge is -2.27. The van der Waals surface area contributed by atoms with E-state index in [1.165, 1.54) is 4.91 Å². The van der Waals surface area contributed by atoms with Gasteiger partial charge in [-0.2, -0.15) is 0 Å². The van der Waals surface area contributed by atoms with E-state index in [0.29, 0.717) is 5.25 Å². The SMILES string of the molecule is C=CC1(C)C(OC)=C(CC)SC1/C=C\C. The van der Waals surface area contributed by atoms with Gasteiger partial charge in [0.25, 0.3) is 0 Å². The molecule has 0 amide bonds. The first-order chi connectivity index (χ1) is 7.13. The van der Waals surface area contributed by atoms with Crippen molar-refractivity contribution < 1.29 is 4.74 Å². The van der Waals surface area contributed by atoms with Crippen LogP contribution in [0.2, 0.25) is 0 Å². The Bertz CT molecular complexity index is 304. The monoisotopic (exact) mass is 224 g/mol. The summed E-state index contributed by atoms with van der Waals surface area (Å²) in [6.45, 7) is 10.4. The molecule has 2 atom stereocenters. The lowest BCUT2D eigenvalue weighted by Crippen LogP contribution is -2.25. The molecule has 0 N–H and O–H groups in total. The lowest BCUT2D eigenvalue weighted by atomic mass is 9.83. The van der Waals surface area contributed by atoms with Gasteiger partial charge in [-0.25, -0.2) is 0 Å². The molecule has 2 heteroatoms. The van der Waals surface area contributed by atoms with Crippen molar-refractivity contribution in [2.24, 2.45) is 5.41 Å². The molecule has 15 heavy (non-hydrogen) atoms. The molecule has 1 nitrogen and oxygen atoms in total. The highest BCUT2D eigenvalue weighted by Gasteiger charge is 2.43. The average molecular weight is 224 g/mol. The zero-order valence-electron chi connectivity index (χ0n) is 10.0. The van der Waals surface area contributed by atoms with Crippen LogP contribution in [0.4, 0.5) is 0 Å². The van der Waals surface area contributed by atoms with Crippen molar-refractivity contribution in [3.63, 3.8) is 0 Å². The third-order valence-electron chi connectivity index (χ3n) is 2.92. The first-order valence-corrected chi connectivity index (χ1v) is 6.22. The summed E-state index contributed by atoms with van der Waals surface area (Å²) < 4.78 is 5.55. The first-order valence-electron chi connectivity index (χ1n) is 5.34. The molecular formula is C13H20OS. The predicted octanol–water partition coefficient (Wildman–Crippen LogP) is 4.14. The fraction of sp³-hybridized carbons (Fsp3) is 0.538. The maximum absolute atomic E-state index is 5.55. The van der Waals surface area contributed by atoms with Crippen LogP contribution in [0.5, 0.6) is 0 Å². The highest BCUT2D eigenvalue weighted by atomic mass is 32.2. The summed E-state index contributed by atoms with van der Waals surface area (Å²) in [5, 5.41) is 0.421. The minimum Gasteiger partial charge on any atom is -0.499 e. The molecule has 0 bridgehead atoms. The molecule has 0 saturated heterocycles. The highest BCUT2D eigenvalue weighted by molar-refractivity contribution is 8.04. The Hall–Kier alpha value is -0.630. The van der Waals surface area contributed by atoms with Crippen LogP contribution in [-0.2, 0) is 4.74 Å². The molecular weight excluding hydrogens is 204 g/mol. The van der Waals surface area contributed by atoms with Crippen molar-refractivity contribution in [2.75, 3.05) is 7.11 Å². The van der Waals surface area contributed by atoms with Crippen molar-refractivity contribution >= 4 is 11.8 Å². The summed E-state index contributed by atoms with van der Waals surface area (Å²) in [5.74, 6) is 1.09. The van der Waals surface area contributed by atoms with Gasteiger partial charge in [0.05, 0.1) is 12.5 Å². The number of hydrogen-bond acceptors (Lipinski definition) is 2. The van der Waals surface area contributed by atoms with Gasteiger partial charge in [-0.3, -0.25) is 0 Å². The quantitative estimate of drug-likeness (QED) is 0.664. The third kappa shape index (κ3) is 2.00. The van der Waals surface area contributed by atoms with E-state index in [1.54, 1.807) is 7.11 Å². The molecule has 2 unspecified atom stereocenters. The summed E-state index contributed by atoms with van der Waals surface area (Å²) in [5.41, 5.74) is -0.0583.